The monoisotopic (exact) mass is 612 g/mol. The molecule has 0 aliphatic carbocycles. The zero-order valence-corrected chi connectivity index (χ0v) is 25.6. The molecule has 2 heterocycles. The molecule has 10 heteroatoms. The summed E-state index contributed by atoms with van der Waals surface area (Å²) in [7, 11) is 0. The SMILES string of the molecule is CCOc1ccc(C(O)=C2C(=O)C(=O)N(c3nc(C)c(C(C)=O)s3)C2c2ccc(OCc3ccccc3)c(OCC)c2)cc1. The minimum Gasteiger partial charge on any atom is -0.507 e. The first-order chi connectivity index (χ1) is 21.2. The average molecular weight is 613 g/mol. The quantitative estimate of drug-likeness (QED) is 0.0866. The maximum atomic E-state index is 13.6. The number of ketones is 2. The van der Waals surface area contributed by atoms with Crippen LogP contribution in [0.4, 0.5) is 5.13 Å². The summed E-state index contributed by atoms with van der Waals surface area (Å²) in [6, 6.07) is 20.4. The minimum absolute atomic E-state index is 0.114. The molecular weight excluding hydrogens is 580 g/mol. The van der Waals surface area contributed by atoms with Crippen molar-refractivity contribution in [2.75, 3.05) is 18.1 Å². The predicted octanol–water partition coefficient (Wildman–Crippen LogP) is 6.66. The van der Waals surface area contributed by atoms with Crippen LogP contribution in [0.1, 0.15) is 58.9 Å². The van der Waals surface area contributed by atoms with E-state index in [9.17, 15) is 19.5 Å². The lowest BCUT2D eigenvalue weighted by Gasteiger charge is -2.24. The highest BCUT2D eigenvalue weighted by Crippen LogP contribution is 2.45. The number of rotatable bonds is 11. The number of aliphatic hydroxyl groups excluding tert-OH is 1. The molecule has 1 saturated heterocycles. The number of nitrogens with zero attached hydrogens (tertiary/aromatic N) is 2. The molecule has 0 radical (unpaired) electrons. The van der Waals surface area contributed by atoms with Crippen molar-refractivity contribution in [3.63, 3.8) is 0 Å². The summed E-state index contributed by atoms with van der Waals surface area (Å²) in [6.45, 7) is 7.92. The van der Waals surface area contributed by atoms with E-state index >= 15 is 0 Å². The van der Waals surface area contributed by atoms with Gasteiger partial charge in [-0.3, -0.25) is 19.3 Å². The van der Waals surface area contributed by atoms with E-state index in [1.165, 1.54) is 11.8 Å². The summed E-state index contributed by atoms with van der Waals surface area (Å²) in [5.74, 6) is -0.800. The molecule has 226 valence electrons. The number of carbonyl (C=O) groups excluding carboxylic acids is 3. The largest absolute Gasteiger partial charge is 0.507 e. The van der Waals surface area contributed by atoms with Gasteiger partial charge in [-0.05, 0) is 68.3 Å². The second-order valence-corrected chi connectivity index (χ2v) is 11.0. The van der Waals surface area contributed by atoms with Gasteiger partial charge in [-0.25, -0.2) is 4.98 Å². The standard InChI is InChI=1S/C34H32N2O7S/c1-5-41-25-15-12-23(13-16-25)30(38)28-29(36(33(40)31(28)39)34-35-20(3)32(44-34)21(4)37)24-14-17-26(27(18-24)42-6-2)43-19-22-10-8-7-9-11-22/h7-18,29,38H,5-6,19H2,1-4H3. The van der Waals surface area contributed by atoms with E-state index in [-0.39, 0.29) is 22.2 Å². The Labute approximate surface area is 259 Å². The van der Waals surface area contributed by atoms with Crippen LogP contribution < -0.4 is 19.1 Å². The van der Waals surface area contributed by atoms with Crippen molar-refractivity contribution in [1.82, 2.24) is 4.98 Å². The lowest BCUT2D eigenvalue weighted by molar-refractivity contribution is -0.132. The lowest BCUT2D eigenvalue weighted by Crippen LogP contribution is -2.29. The van der Waals surface area contributed by atoms with E-state index in [1.54, 1.807) is 49.4 Å². The highest BCUT2D eigenvalue weighted by atomic mass is 32.1. The third-order valence-electron chi connectivity index (χ3n) is 7.01. The maximum Gasteiger partial charge on any atom is 0.301 e. The first kappa shape index (κ1) is 30.5. The van der Waals surface area contributed by atoms with Crippen LogP contribution in [-0.2, 0) is 16.2 Å². The number of Topliss-reactive ketones (excluding diaryl/α,β-unsaturated/α-hetero) is 2. The van der Waals surface area contributed by atoms with Crippen molar-refractivity contribution in [3.05, 3.63) is 106 Å². The summed E-state index contributed by atoms with van der Waals surface area (Å²) >= 11 is 1.02. The molecule has 4 aromatic rings. The molecule has 0 saturated carbocycles. The highest BCUT2D eigenvalue weighted by molar-refractivity contribution is 7.18. The Balaban J connectivity index is 1.63. The Morgan fingerprint density at radius 1 is 0.932 bits per heavy atom. The number of benzene rings is 3. The van der Waals surface area contributed by atoms with Gasteiger partial charge < -0.3 is 19.3 Å². The molecule has 1 atom stereocenters. The van der Waals surface area contributed by atoms with Crippen molar-refractivity contribution in [1.29, 1.82) is 0 Å². The van der Waals surface area contributed by atoms with Crippen molar-refractivity contribution in [2.24, 2.45) is 0 Å². The van der Waals surface area contributed by atoms with Gasteiger partial charge in [0, 0.05) is 12.5 Å². The molecule has 44 heavy (non-hydrogen) atoms. The van der Waals surface area contributed by atoms with Gasteiger partial charge in [0.05, 0.1) is 35.4 Å². The van der Waals surface area contributed by atoms with Gasteiger partial charge in [-0.1, -0.05) is 47.7 Å². The van der Waals surface area contributed by atoms with Crippen LogP contribution in [0.3, 0.4) is 0 Å². The van der Waals surface area contributed by atoms with Crippen molar-refractivity contribution in [3.8, 4) is 17.2 Å². The summed E-state index contributed by atoms with van der Waals surface area (Å²) in [5, 5.41) is 11.7. The average Bonchev–Trinajstić information content (AvgIpc) is 3.53. The van der Waals surface area contributed by atoms with Crippen LogP contribution in [0.2, 0.25) is 0 Å². The van der Waals surface area contributed by atoms with E-state index in [4.69, 9.17) is 14.2 Å². The van der Waals surface area contributed by atoms with Crippen LogP contribution in [-0.4, -0.2) is 40.8 Å². The molecule has 0 bridgehead atoms. The predicted molar refractivity (Wildman–Crippen MR) is 168 cm³/mol. The third kappa shape index (κ3) is 6.07. The molecule has 0 spiro atoms. The molecular formula is C34H32N2O7S. The van der Waals surface area contributed by atoms with Gasteiger partial charge in [0.15, 0.2) is 22.4 Å². The van der Waals surface area contributed by atoms with Crippen LogP contribution in [0, 0.1) is 6.92 Å². The molecule has 1 aliphatic rings. The lowest BCUT2D eigenvalue weighted by atomic mass is 9.95. The molecule has 1 aliphatic heterocycles. The molecule has 5 rings (SSSR count). The van der Waals surface area contributed by atoms with Crippen LogP contribution >= 0.6 is 11.3 Å². The number of aryl methyl sites for hydroxylation is 1. The highest BCUT2D eigenvalue weighted by Gasteiger charge is 2.48. The fourth-order valence-electron chi connectivity index (χ4n) is 5.01. The Morgan fingerprint density at radius 3 is 2.27 bits per heavy atom. The van der Waals surface area contributed by atoms with E-state index in [0.29, 0.717) is 58.8 Å². The summed E-state index contributed by atoms with van der Waals surface area (Å²) in [6.07, 6.45) is 0. The van der Waals surface area contributed by atoms with Crippen molar-refractivity contribution in [2.45, 2.75) is 40.3 Å². The first-order valence-electron chi connectivity index (χ1n) is 14.2. The number of aromatic nitrogens is 1. The van der Waals surface area contributed by atoms with E-state index < -0.39 is 17.7 Å². The Hall–Kier alpha value is -4.96. The second-order valence-electron chi connectivity index (χ2n) is 10.0. The molecule has 1 fully saturated rings. The van der Waals surface area contributed by atoms with Crippen LogP contribution in [0.25, 0.3) is 5.76 Å². The van der Waals surface area contributed by atoms with Crippen molar-refractivity contribution < 1.29 is 33.7 Å². The Morgan fingerprint density at radius 2 is 1.64 bits per heavy atom. The van der Waals surface area contributed by atoms with E-state index in [0.717, 1.165) is 16.9 Å². The van der Waals surface area contributed by atoms with Gasteiger partial charge in [-0.15, -0.1) is 0 Å². The number of aliphatic hydroxyl groups is 1. The maximum absolute atomic E-state index is 13.6. The number of ether oxygens (including phenoxy) is 3. The molecule has 1 N–H and O–H groups in total. The smallest absolute Gasteiger partial charge is 0.301 e. The summed E-state index contributed by atoms with van der Waals surface area (Å²) in [5.41, 5.74) is 2.14. The minimum atomic E-state index is -1.06. The molecule has 1 amide bonds. The van der Waals surface area contributed by atoms with Gasteiger partial charge in [-0.2, -0.15) is 0 Å². The van der Waals surface area contributed by atoms with E-state index in [2.05, 4.69) is 4.98 Å². The molecule has 1 unspecified atom stereocenters. The van der Waals surface area contributed by atoms with Crippen molar-refractivity contribution >= 4 is 39.7 Å². The van der Waals surface area contributed by atoms with Gasteiger partial charge in [0.2, 0.25) is 0 Å². The fourth-order valence-corrected chi connectivity index (χ4v) is 5.99. The molecule has 1 aromatic heterocycles. The van der Waals surface area contributed by atoms with Crippen LogP contribution in [0.15, 0.2) is 78.4 Å². The fraction of sp³-hybridized carbons (Fsp3) is 0.235. The first-order valence-corrected chi connectivity index (χ1v) is 15.0. The number of hydrogen-bond donors (Lipinski definition) is 1. The second kappa shape index (κ2) is 13.1. The summed E-state index contributed by atoms with van der Waals surface area (Å²) in [4.78, 5) is 45.6. The van der Waals surface area contributed by atoms with Crippen LogP contribution in [0.5, 0.6) is 17.2 Å². The molecule has 3 aromatic carbocycles. The zero-order chi connectivity index (χ0) is 31.4. The number of amides is 1. The van der Waals surface area contributed by atoms with Gasteiger partial charge in [0.25, 0.3) is 5.78 Å². The number of hydrogen-bond acceptors (Lipinski definition) is 9. The Bertz CT molecular complexity index is 1730. The third-order valence-corrected chi connectivity index (χ3v) is 8.27. The topological polar surface area (TPSA) is 115 Å². The zero-order valence-electron chi connectivity index (χ0n) is 24.8. The summed E-state index contributed by atoms with van der Waals surface area (Å²) < 4.78 is 17.5. The number of anilines is 1. The van der Waals surface area contributed by atoms with Gasteiger partial charge >= 0.3 is 5.91 Å². The van der Waals surface area contributed by atoms with E-state index in [1.807, 2.05) is 44.2 Å². The normalized spacial score (nSPS) is 15.8. The number of thiazole rings is 1. The Kier molecular flexibility index (Phi) is 9.10. The molecule has 9 nitrogen and oxygen atoms in total. The number of carbonyl (C=O) groups is 3. The van der Waals surface area contributed by atoms with Gasteiger partial charge in [0.1, 0.15) is 18.1 Å².